The number of carboxylic acid groups (broad SMARTS) is 1. The number of carbonyl (C=O) groups is 4. The Morgan fingerprint density at radius 3 is 1.39 bits per heavy atom. The number of aromatic nitrogens is 4. The van der Waals surface area contributed by atoms with E-state index in [1.807, 2.05) is 57.2 Å². The normalized spacial score (nSPS) is 17.6. The number of hydrogen-bond donors (Lipinski definition) is 1. The predicted octanol–water partition coefficient (Wildman–Crippen LogP) is 11.6. The van der Waals surface area contributed by atoms with Crippen molar-refractivity contribution < 1.29 is 29.0 Å². The average Bonchev–Trinajstić information content (AvgIpc) is 4.03. The van der Waals surface area contributed by atoms with Gasteiger partial charge in [-0.1, -0.05) is 15.9 Å². The van der Waals surface area contributed by atoms with E-state index in [-0.39, 0.29) is 35.3 Å². The molecule has 4 atom stereocenters. The third-order valence-electron chi connectivity index (χ3n) is 10.5. The third-order valence-corrected chi connectivity index (χ3v) is 20.5. The van der Waals surface area contributed by atoms with E-state index in [0.29, 0.717) is 24.0 Å². The predicted molar refractivity (Wildman–Crippen MR) is 260 cm³/mol. The van der Waals surface area contributed by atoms with Crippen LogP contribution >= 0.6 is 61.3 Å². The van der Waals surface area contributed by atoms with Crippen molar-refractivity contribution in [2.75, 3.05) is 7.11 Å². The van der Waals surface area contributed by atoms with Gasteiger partial charge in [0, 0.05) is 27.4 Å². The number of esters is 1. The molecule has 2 saturated carbocycles. The van der Waals surface area contributed by atoms with Gasteiger partial charge in [-0.15, -0.1) is 34.0 Å². The number of ether oxygens (including phenoxy) is 1. The van der Waals surface area contributed by atoms with Gasteiger partial charge < -0.3 is 9.84 Å². The molecule has 2 aliphatic carbocycles. The first-order valence-electron chi connectivity index (χ1n) is 19.9. The number of fused-ring (bicyclic) bond motifs is 4. The zero-order valence-electron chi connectivity index (χ0n) is 35.4. The van der Waals surface area contributed by atoms with Crippen molar-refractivity contribution in [1.29, 1.82) is 0 Å². The molecule has 4 aromatic heterocycles. The maximum atomic E-state index is 12.3. The van der Waals surface area contributed by atoms with Gasteiger partial charge in [0.2, 0.25) is 0 Å². The molecule has 0 radical (unpaired) electrons. The Morgan fingerprint density at radius 2 is 0.968 bits per heavy atom. The molecule has 16 heteroatoms. The number of Topliss-reactive ketones (excluding diaryl/α,β-unsaturated/α-hetero) is 2. The summed E-state index contributed by atoms with van der Waals surface area (Å²) in [6.45, 7) is 7.97. The molecule has 4 heterocycles. The van der Waals surface area contributed by atoms with E-state index in [4.69, 9.17) is 5.11 Å². The molecular weight excluding hydrogens is 1030 g/mol. The summed E-state index contributed by atoms with van der Waals surface area (Å²) in [7, 11) is 1.36. The molecule has 1 N–H and O–H groups in total. The first-order chi connectivity index (χ1) is 29.4. The van der Waals surface area contributed by atoms with E-state index >= 15 is 0 Å². The van der Waals surface area contributed by atoms with Crippen LogP contribution < -0.4 is 3.58 Å². The van der Waals surface area contributed by atoms with Crippen LogP contribution in [-0.2, 0) is 14.3 Å². The van der Waals surface area contributed by atoms with Gasteiger partial charge in [0.15, 0.2) is 11.6 Å². The first-order valence-corrected chi connectivity index (χ1v) is 34.0. The van der Waals surface area contributed by atoms with E-state index in [0.717, 1.165) is 51.0 Å². The monoisotopic (exact) mass is 1080 g/mol. The summed E-state index contributed by atoms with van der Waals surface area (Å²) in [6.07, 6.45) is 1.07. The van der Waals surface area contributed by atoms with Crippen molar-refractivity contribution in [3.05, 3.63) is 108 Å². The van der Waals surface area contributed by atoms with Crippen molar-refractivity contribution in [2.24, 2.45) is 23.7 Å². The first kappa shape index (κ1) is 46.0. The zero-order valence-corrected chi connectivity index (χ0v) is 43.1. The van der Waals surface area contributed by atoms with E-state index in [1.165, 1.54) is 21.5 Å². The summed E-state index contributed by atoms with van der Waals surface area (Å²) in [5, 5.41) is 13.1. The van der Waals surface area contributed by atoms with Gasteiger partial charge in [-0.25, -0.2) is 15.0 Å². The van der Waals surface area contributed by atoms with Crippen LogP contribution in [0.15, 0.2) is 77.3 Å². The fourth-order valence-corrected chi connectivity index (χ4v) is 14.6. The molecule has 10 rings (SSSR count). The van der Waals surface area contributed by atoms with Crippen LogP contribution in [0.25, 0.3) is 40.9 Å². The zero-order chi connectivity index (χ0) is 44.6. The topological polar surface area (TPSA) is 149 Å². The van der Waals surface area contributed by atoms with Crippen LogP contribution in [0, 0.1) is 51.4 Å². The van der Waals surface area contributed by atoms with Crippen molar-refractivity contribution >= 4 is 148 Å². The molecule has 2 aliphatic rings. The summed E-state index contributed by atoms with van der Waals surface area (Å²) >= 11 is 8.19. The van der Waals surface area contributed by atoms with Gasteiger partial charge in [-0.2, -0.15) is 0 Å². The van der Waals surface area contributed by atoms with Crippen molar-refractivity contribution in [3.8, 4) is 0 Å². The fourth-order valence-electron chi connectivity index (χ4n) is 6.99. The van der Waals surface area contributed by atoms with Crippen LogP contribution in [-0.4, -0.2) is 74.0 Å². The minimum atomic E-state index is -1.87. The Balaban J connectivity index is 0.000000127. The molecule has 0 spiro atoms. The number of aliphatic carboxylic acids is 1. The third kappa shape index (κ3) is 11.0. The summed E-state index contributed by atoms with van der Waals surface area (Å²) in [6, 6.07) is 23.9. The number of thiazole rings is 4. The summed E-state index contributed by atoms with van der Waals surface area (Å²) in [4.78, 5) is 71.3. The number of carbonyl (C=O) groups excluding carboxylic acids is 3. The van der Waals surface area contributed by atoms with Gasteiger partial charge in [0.05, 0.1) is 64.6 Å². The van der Waals surface area contributed by atoms with Crippen LogP contribution in [0.3, 0.4) is 0 Å². The Bertz CT molecular complexity index is 3000. The van der Waals surface area contributed by atoms with E-state index < -0.39 is 30.3 Å². The second-order valence-electron chi connectivity index (χ2n) is 16.3. The number of hydrogen-bond acceptors (Lipinski definition) is 13. The van der Waals surface area contributed by atoms with Crippen LogP contribution in [0.5, 0.6) is 0 Å². The Kier molecular flexibility index (Phi) is 14.1. The number of rotatable bonds is 7. The number of halogens is 1. The molecular formula is C46H45BrN4O6S4Sn. The number of methoxy groups -OCH3 is 1. The average molecular weight is 1080 g/mol. The minimum absolute atomic E-state index is 0.0309. The molecule has 0 bridgehead atoms. The molecule has 8 aromatic rings. The number of nitrogens with zero attached hydrogens (tertiary/aromatic N) is 4. The SMILES string of the molecule is COC(=O)[C@H]1C[C@@H]1C(=O)c1ccc2nc(C)sc2c1.Cc1nc2cc[c]([Sn]([CH3])([CH3])[CH3])cc2s1.Cc1nc2ccc(Br)cc2s1.Cc1nc2ccc(C(=O)[C@H]3C[C@@H]3C(=O)O)cc2s1. The smallest absolute Gasteiger partial charge is 0.307 e. The molecule has 62 heavy (non-hydrogen) atoms. The van der Waals surface area contributed by atoms with E-state index in [2.05, 4.69) is 86.6 Å². The summed E-state index contributed by atoms with van der Waals surface area (Å²) in [5.41, 5.74) is 5.31. The summed E-state index contributed by atoms with van der Waals surface area (Å²) in [5.74, 6) is -2.48. The summed E-state index contributed by atoms with van der Waals surface area (Å²) < 4.78 is 12.0. The Hall–Kier alpha value is -4.00. The molecule has 2 fully saturated rings. The number of aryl methyl sites for hydroxylation is 4. The minimum Gasteiger partial charge on any atom is -0.481 e. The van der Waals surface area contributed by atoms with Crippen molar-refractivity contribution in [1.82, 2.24) is 19.9 Å². The van der Waals surface area contributed by atoms with E-state index in [9.17, 15) is 19.2 Å². The number of ketones is 2. The Labute approximate surface area is 387 Å². The van der Waals surface area contributed by atoms with Crippen LogP contribution in [0.4, 0.5) is 0 Å². The van der Waals surface area contributed by atoms with Crippen LogP contribution in [0.2, 0.25) is 14.8 Å². The fraction of sp³-hybridized carbons (Fsp3) is 0.304. The van der Waals surface area contributed by atoms with Gasteiger partial charge in [-0.3, -0.25) is 19.2 Å². The van der Waals surface area contributed by atoms with Gasteiger partial charge >= 0.3 is 105 Å². The van der Waals surface area contributed by atoms with E-state index in [1.54, 1.807) is 61.1 Å². The van der Waals surface area contributed by atoms with Gasteiger partial charge in [0.25, 0.3) is 0 Å². The quantitative estimate of drug-likeness (QED) is 0.0928. The molecule has 0 aliphatic heterocycles. The molecule has 320 valence electrons. The maximum Gasteiger partial charge on any atom is 0.307 e. The number of carboxylic acids is 1. The van der Waals surface area contributed by atoms with Crippen LogP contribution in [0.1, 0.15) is 53.6 Å². The standard InChI is InChI=1S/C14H13NO3S.C13H11NO3S.C8H6BrNS.C8H6NS.3CH3.Sn/c1-7-15-11-4-3-8(5-12(11)19-7)13(16)9-6-10(9)14(17)18-2;1-6-14-10-3-2-7(4-11(10)18-6)12(15)8-5-9(8)13(16)17;1-5-10-7-3-2-6(9)4-8(7)11-5;1-6-9-7-4-2-3-5-8(7)10-6;;;;/h3-5,9-10H,6H2,1-2H3;2-4,8-9H,5H2,1H3,(H,16,17);2-4H,1H3;2,4-5H,1H3;3*1H3;/t9-,10-;8-,9-;;;;;;/m00....../s1. The van der Waals surface area contributed by atoms with Gasteiger partial charge in [-0.05, 0) is 88.2 Å². The second-order valence-corrected chi connectivity index (χ2v) is 36.7. The molecule has 10 nitrogen and oxygen atoms in total. The molecule has 4 aromatic carbocycles. The molecule has 0 unspecified atom stereocenters. The van der Waals surface area contributed by atoms with Gasteiger partial charge in [0.1, 0.15) is 0 Å². The molecule has 0 amide bonds. The number of benzene rings is 4. The second kappa shape index (κ2) is 19.0. The molecule has 0 saturated heterocycles. The van der Waals surface area contributed by atoms with Crippen molar-refractivity contribution in [2.45, 2.75) is 55.4 Å². The van der Waals surface area contributed by atoms with Crippen molar-refractivity contribution in [3.63, 3.8) is 0 Å². The maximum absolute atomic E-state index is 12.3. The largest absolute Gasteiger partial charge is 0.481 e. The Morgan fingerprint density at radius 1 is 0.581 bits per heavy atom.